The number of fused-ring (bicyclic) bond motifs is 1. The molecule has 0 radical (unpaired) electrons. The Bertz CT molecular complexity index is 1340. The summed E-state index contributed by atoms with van der Waals surface area (Å²) in [6.07, 6.45) is 10.6. The largest absolute Gasteiger partial charge is 0.346 e. The highest BCUT2D eigenvalue weighted by Crippen LogP contribution is 2.43. The van der Waals surface area contributed by atoms with Gasteiger partial charge in [0.2, 0.25) is 27.6 Å². The summed E-state index contributed by atoms with van der Waals surface area (Å²) < 4.78 is 25.3. The van der Waals surface area contributed by atoms with Gasteiger partial charge < -0.3 is 26.2 Å². The lowest BCUT2D eigenvalue weighted by atomic mass is 9.85. The summed E-state index contributed by atoms with van der Waals surface area (Å²) in [4.78, 5) is 68.7. The van der Waals surface area contributed by atoms with Gasteiger partial charge in [-0.2, -0.15) is 0 Å². The predicted molar refractivity (Wildman–Crippen MR) is 180 cm³/mol. The average molecular weight is 679 g/mol. The van der Waals surface area contributed by atoms with Crippen LogP contribution in [0.2, 0.25) is 0 Å². The van der Waals surface area contributed by atoms with E-state index in [9.17, 15) is 32.4 Å². The molecule has 0 aromatic rings. The van der Waals surface area contributed by atoms with Gasteiger partial charge in [0.15, 0.2) is 0 Å². The van der Waals surface area contributed by atoms with E-state index in [4.69, 9.17) is 6.42 Å². The molecule has 2 aliphatic rings. The molecule has 1 saturated carbocycles. The summed E-state index contributed by atoms with van der Waals surface area (Å²) in [5.74, 6) is -0.349. The van der Waals surface area contributed by atoms with Crippen LogP contribution >= 0.6 is 0 Å². The first-order chi connectivity index (χ1) is 21.6. The standard InChI is InChI=1S/C33H54N6O7S/c1-11-13-17-23(26(40)29(42)34-18-12-2)35-28(41)25-22-16-14-15-21(22)19-39(25)30(43)27(33(6,7)8)37-31(44)36-24(32(3,4)5)20-38(9)47(10,45)46/h1,12,21-25,27H,2,13-20H2,3-10H3,(H,34,42)(H,35,41)(H2,36,37,44)/t21-,22-,23?,24+,25-,27+/m0/s1. The average Bonchev–Trinajstić information content (AvgIpc) is 3.55. The van der Waals surface area contributed by atoms with Crippen molar-refractivity contribution in [2.45, 2.75) is 97.8 Å². The molecule has 1 aliphatic carbocycles. The van der Waals surface area contributed by atoms with Crippen molar-refractivity contribution in [1.29, 1.82) is 0 Å². The monoisotopic (exact) mass is 678 g/mol. The van der Waals surface area contributed by atoms with E-state index in [0.717, 1.165) is 23.4 Å². The number of sulfonamides is 1. The molecule has 6 atom stereocenters. The molecule has 0 aromatic heterocycles. The van der Waals surface area contributed by atoms with Crippen molar-refractivity contribution in [3.8, 4) is 12.3 Å². The second-order valence-corrected chi connectivity index (χ2v) is 16.9. The van der Waals surface area contributed by atoms with Crippen LogP contribution < -0.4 is 21.3 Å². The van der Waals surface area contributed by atoms with Gasteiger partial charge in [0.1, 0.15) is 12.1 Å². The second-order valence-electron chi connectivity index (χ2n) is 14.8. The molecule has 13 nitrogen and oxygen atoms in total. The Morgan fingerprint density at radius 3 is 2.21 bits per heavy atom. The van der Waals surface area contributed by atoms with Crippen LogP contribution in [0.3, 0.4) is 0 Å². The first-order valence-corrected chi connectivity index (χ1v) is 17.9. The minimum atomic E-state index is -3.51. The Labute approximate surface area is 280 Å². The Morgan fingerprint density at radius 1 is 1.04 bits per heavy atom. The number of likely N-dealkylation sites (tertiary alicyclic amines) is 1. The van der Waals surface area contributed by atoms with Gasteiger partial charge in [0.25, 0.3) is 5.91 Å². The van der Waals surface area contributed by atoms with Gasteiger partial charge in [-0.25, -0.2) is 17.5 Å². The number of terminal acetylenes is 1. The summed E-state index contributed by atoms with van der Waals surface area (Å²) in [7, 11) is -2.08. The van der Waals surface area contributed by atoms with E-state index in [2.05, 4.69) is 33.8 Å². The first-order valence-electron chi connectivity index (χ1n) is 16.1. The number of urea groups is 1. The van der Waals surface area contributed by atoms with E-state index >= 15 is 0 Å². The van der Waals surface area contributed by atoms with Gasteiger partial charge in [0, 0.05) is 39.1 Å². The minimum Gasteiger partial charge on any atom is -0.346 e. The fourth-order valence-electron chi connectivity index (χ4n) is 6.11. The van der Waals surface area contributed by atoms with Crippen molar-refractivity contribution in [3.05, 3.63) is 12.7 Å². The normalized spacial score (nSPS) is 21.5. The quantitative estimate of drug-likeness (QED) is 0.122. The molecular formula is C33H54N6O7S. The zero-order valence-corrected chi connectivity index (χ0v) is 30.0. The molecule has 1 unspecified atom stereocenters. The lowest BCUT2D eigenvalue weighted by Gasteiger charge is -2.38. The first kappa shape index (κ1) is 39.7. The van der Waals surface area contributed by atoms with Crippen molar-refractivity contribution in [2.24, 2.45) is 22.7 Å². The van der Waals surface area contributed by atoms with E-state index in [0.29, 0.717) is 13.0 Å². The number of amides is 5. The second kappa shape index (κ2) is 16.1. The Kier molecular flexibility index (Phi) is 13.6. The molecule has 2 fully saturated rings. The van der Waals surface area contributed by atoms with Gasteiger partial charge in [-0.05, 0) is 41.9 Å². The van der Waals surface area contributed by atoms with Crippen LogP contribution in [-0.4, -0.2) is 104 Å². The maximum atomic E-state index is 14.3. The summed E-state index contributed by atoms with van der Waals surface area (Å²) in [5.41, 5.74) is -1.30. The van der Waals surface area contributed by atoms with E-state index in [1.165, 1.54) is 18.0 Å². The molecule has 0 bridgehead atoms. The maximum Gasteiger partial charge on any atom is 0.315 e. The van der Waals surface area contributed by atoms with Crippen molar-refractivity contribution < 1.29 is 32.4 Å². The molecule has 0 spiro atoms. The number of carbonyl (C=O) groups excluding carboxylic acids is 5. The molecule has 47 heavy (non-hydrogen) atoms. The smallest absolute Gasteiger partial charge is 0.315 e. The molecule has 264 valence electrons. The Hall–Kier alpha value is -3.44. The van der Waals surface area contributed by atoms with Gasteiger partial charge >= 0.3 is 6.03 Å². The molecule has 1 aliphatic heterocycles. The van der Waals surface area contributed by atoms with E-state index in [1.807, 2.05) is 20.8 Å². The van der Waals surface area contributed by atoms with Crippen LogP contribution in [0.4, 0.5) is 4.79 Å². The third-order valence-electron chi connectivity index (χ3n) is 9.03. The minimum absolute atomic E-state index is 0.0206. The van der Waals surface area contributed by atoms with Gasteiger partial charge in [-0.15, -0.1) is 18.9 Å². The fraction of sp³-hybridized carbons (Fsp3) is 0.727. The van der Waals surface area contributed by atoms with Gasteiger partial charge in [0.05, 0.1) is 12.3 Å². The molecule has 2 rings (SSSR count). The van der Waals surface area contributed by atoms with Crippen LogP contribution in [0.25, 0.3) is 0 Å². The number of likely N-dealkylation sites (N-methyl/N-ethyl adjacent to an activating group) is 1. The van der Waals surface area contributed by atoms with E-state index in [1.54, 1.807) is 20.8 Å². The third-order valence-corrected chi connectivity index (χ3v) is 10.3. The van der Waals surface area contributed by atoms with Crippen molar-refractivity contribution in [2.75, 3.05) is 32.9 Å². The highest BCUT2D eigenvalue weighted by atomic mass is 32.2. The number of rotatable bonds is 14. The zero-order valence-electron chi connectivity index (χ0n) is 29.1. The SMILES string of the molecule is C#CCCC(NC(=O)[C@@H]1[C@H]2CCC[C@H]2CN1C(=O)[C@@H](NC(=O)N[C@H](CN(C)S(C)(=O)=O)C(C)(C)C)C(C)(C)C)C(=O)C(=O)NCC=C. The topological polar surface area (TPSA) is 174 Å². The highest BCUT2D eigenvalue weighted by Gasteiger charge is 2.52. The fourth-order valence-corrected chi connectivity index (χ4v) is 6.53. The van der Waals surface area contributed by atoms with Crippen LogP contribution in [-0.2, 0) is 29.2 Å². The molecule has 0 aromatic carbocycles. The summed E-state index contributed by atoms with van der Waals surface area (Å²) in [6, 6.07) is -4.38. The molecule has 5 amide bonds. The van der Waals surface area contributed by atoms with Gasteiger partial charge in [-0.1, -0.05) is 54.0 Å². The third kappa shape index (κ3) is 10.8. The number of hydrogen-bond donors (Lipinski definition) is 4. The van der Waals surface area contributed by atoms with Crippen molar-refractivity contribution in [1.82, 2.24) is 30.5 Å². The Morgan fingerprint density at radius 2 is 1.68 bits per heavy atom. The zero-order chi connectivity index (χ0) is 35.9. The van der Waals surface area contributed by atoms with E-state index in [-0.39, 0.29) is 37.8 Å². The lowest BCUT2D eigenvalue weighted by molar-refractivity contribution is -0.144. The summed E-state index contributed by atoms with van der Waals surface area (Å²) in [5, 5.41) is 10.8. The van der Waals surface area contributed by atoms with E-state index < -0.39 is 74.6 Å². The number of Topliss-reactive ketones (excluding diaryl/α,β-unsaturated/α-hetero) is 1. The summed E-state index contributed by atoms with van der Waals surface area (Å²) in [6.45, 7) is 15.0. The lowest BCUT2D eigenvalue weighted by Crippen LogP contribution is -2.62. The molecule has 1 heterocycles. The van der Waals surface area contributed by atoms with Gasteiger partial charge in [-0.3, -0.25) is 19.2 Å². The number of hydrogen-bond acceptors (Lipinski definition) is 7. The maximum absolute atomic E-state index is 14.3. The number of ketones is 1. The predicted octanol–water partition coefficient (Wildman–Crippen LogP) is 1.40. The van der Waals surface area contributed by atoms with Crippen molar-refractivity contribution in [3.63, 3.8) is 0 Å². The van der Waals surface area contributed by atoms with Crippen LogP contribution in [0.1, 0.15) is 73.6 Å². The molecule has 14 heteroatoms. The van der Waals surface area contributed by atoms with Crippen LogP contribution in [0.5, 0.6) is 0 Å². The number of carbonyl (C=O) groups is 5. The van der Waals surface area contributed by atoms with Crippen LogP contribution in [0, 0.1) is 35.0 Å². The Balaban J connectivity index is 2.35. The summed E-state index contributed by atoms with van der Waals surface area (Å²) >= 11 is 0. The molecular weight excluding hydrogens is 624 g/mol. The van der Waals surface area contributed by atoms with Crippen LogP contribution in [0.15, 0.2) is 12.7 Å². The molecule has 1 saturated heterocycles. The number of nitrogens with one attached hydrogen (secondary N) is 4. The highest BCUT2D eigenvalue weighted by molar-refractivity contribution is 7.88. The number of nitrogens with zero attached hydrogens (tertiary/aromatic N) is 2. The van der Waals surface area contributed by atoms with Crippen molar-refractivity contribution >= 4 is 39.6 Å². The molecule has 4 N–H and O–H groups in total.